The fourth-order valence-corrected chi connectivity index (χ4v) is 5.58. The van der Waals surface area contributed by atoms with Crippen molar-refractivity contribution in [3.8, 4) is 5.75 Å². The van der Waals surface area contributed by atoms with Crippen molar-refractivity contribution in [3.63, 3.8) is 0 Å². The van der Waals surface area contributed by atoms with Gasteiger partial charge in [0, 0.05) is 12.0 Å². The Labute approximate surface area is 205 Å². The Bertz CT molecular complexity index is 1290. The van der Waals surface area contributed by atoms with Crippen LogP contribution in [0.4, 0.5) is 5.69 Å². The van der Waals surface area contributed by atoms with Crippen LogP contribution in [0.15, 0.2) is 77.7 Å². The molecule has 6 nitrogen and oxygen atoms in total. The van der Waals surface area contributed by atoms with Crippen LogP contribution < -0.4 is 14.8 Å². The molecule has 3 aromatic rings. The summed E-state index contributed by atoms with van der Waals surface area (Å²) in [5.74, 6) is 0.449. The van der Waals surface area contributed by atoms with Gasteiger partial charge in [0.05, 0.1) is 27.2 Å². The van der Waals surface area contributed by atoms with E-state index in [0.717, 1.165) is 24.2 Å². The quantitative estimate of drug-likeness (QED) is 0.421. The lowest BCUT2D eigenvalue weighted by Gasteiger charge is -2.41. The number of carbonyl (C=O) groups is 1. The Morgan fingerprint density at radius 2 is 1.71 bits per heavy atom. The molecule has 0 saturated heterocycles. The molecule has 0 radical (unpaired) electrons. The maximum absolute atomic E-state index is 13.2. The minimum atomic E-state index is -3.76. The number of ether oxygens (including phenoxy) is 1. The number of nitrogens with one attached hydrogen (secondary N) is 2. The molecule has 0 aliphatic carbocycles. The van der Waals surface area contributed by atoms with Crippen LogP contribution in [0.1, 0.15) is 55.1 Å². The number of hydrogen-bond acceptors (Lipinski definition) is 4. The van der Waals surface area contributed by atoms with E-state index in [2.05, 4.69) is 23.9 Å². The molecule has 178 valence electrons. The molecular weight excluding hydrogens is 472 g/mol. The summed E-state index contributed by atoms with van der Waals surface area (Å²) in [7, 11) is -3.76. The lowest BCUT2D eigenvalue weighted by Crippen LogP contribution is -2.44. The minimum Gasteiger partial charge on any atom is -0.487 e. The second kappa shape index (κ2) is 9.68. The lowest BCUT2D eigenvalue weighted by molar-refractivity contribution is 0.0227. The predicted molar refractivity (Wildman–Crippen MR) is 134 cm³/mol. The predicted octanol–water partition coefficient (Wildman–Crippen LogP) is 5.95. The standard InChI is InChI=1S/C26H27ClN2O4S/c1-3-26(4-2)17-23(21-12-8-9-13-24(21)33-26)28-25(30)20-15-14-18(16-22(20)27)29-34(31,32)19-10-6-5-7-11-19/h5-16,23,29H,3-4,17H2,1-2H3,(H,28,30). The summed E-state index contributed by atoms with van der Waals surface area (Å²) < 4.78 is 34.0. The Kier molecular flexibility index (Phi) is 6.86. The Morgan fingerprint density at radius 3 is 2.38 bits per heavy atom. The largest absolute Gasteiger partial charge is 0.487 e. The number of anilines is 1. The van der Waals surface area contributed by atoms with E-state index in [4.69, 9.17) is 16.3 Å². The van der Waals surface area contributed by atoms with Gasteiger partial charge in [0.15, 0.2) is 0 Å². The number of carbonyl (C=O) groups excluding carboxylic acids is 1. The molecule has 0 bridgehead atoms. The normalized spacial score (nSPS) is 16.7. The summed E-state index contributed by atoms with van der Waals surface area (Å²) in [6, 6.07) is 20.0. The van der Waals surface area contributed by atoms with Gasteiger partial charge in [-0.15, -0.1) is 0 Å². The van der Waals surface area contributed by atoms with Crippen LogP contribution in [0.25, 0.3) is 0 Å². The summed E-state index contributed by atoms with van der Waals surface area (Å²) in [6.45, 7) is 4.17. The highest BCUT2D eigenvalue weighted by Gasteiger charge is 2.39. The first-order valence-corrected chi connectivity index (χ1v) is 13.1. The fraction of sp³-hybridized carbons (Fsp3) is 0.269. The molecule has 34 heavy (non-hydrogen) atoms. The number of halogens is 1. The molecule has 8 heteroatoms. The van der Waals surface area contributed by atoms with Gasteiger partial charge in [0.1, 0.15) is 11.4 Å². The van der Waals surface area contributed by atoms with E-state index in [1.165, 1.54) is 30.3 Å². The van der Waals surface area contributed by atoms with Gasteiger partial charge in [0.2, 0.25) is 0 Å². The second-order valence-corrected chi connectivity index (χ2v) is 10.5. The third kappa shape index (κ3) is 4.91. The SMILES string of the molecule is CCC1(CC)CC(NC(=O)c2ccc(NS(=O)(=O)c3ccccc3)cc2Cl)c2ccccc2O1. The van der Waals surface area contributed by atoms with Gasteiger partial charge in [-0.3, -0.25) is 9.52 Å². The number of benzene rings is 3. The van der Waals surface area contributed by atoms with Crippen LogP contribution in [-0.4, -0.2) is 19.9 Å². The van der Waals surface area contributed by atoms with E-state index < -0.39 is 10.0 Å². The van der Waals surface area contributed by atoms with Gasteiger partial charge in [-0.2, -0.15) is 0 Å². The van der Waals surface area contributed by atoms with E-state index in [1.54, 1.807) is 18.2 Å². The van der Waals surface area contributed by atoms with Crippen LogP contribution in [-0.2, 0) is 10.0 Å². The van der Waals surface area contributed by atoms with E-state index in [9.17, 15) is 13.2 Å². The molecule has 3 aromatic carbocycles. The van der Waals surface area contributed by atoms with Crippen LogP contribution in [0.5, 0.6) is 5.75 Å². The average Bonchev–Trinajstić information content (AvgIpc) is 2.84. The third-order valence-corrected chi connectivity index (χ3v) is 8.02. The van der Waals surface area contributed by atoms with Crippen molar-refractivity contribution in [1.82, 2.24) is 5.32 Å². The zero-order valence-corrected chi connectivity index (χ0v) is 20.6. The summed E-state index contributed by atoms with van der Waals surface area (Å²) in [4.78, 5) is 13.3. The molecule has 0 spiro atoms. The third-order valence-electron chi connectivity index (χ3n) is 6.31. The first kappa shape index (κ1) is 24.1. The van der Waals surface area contributed by atoms with Crippen LogP contribution in [0, 0.1) is 0 Å². The number of para-hydroxylation sites is 1. The maximum Gasteiger partial charge on any atom is 0.261 e. The number of fused-ring (bicyclic) bond motifs is 1. The smallest absolute Gasteiger partial charge is 0.261 e. The van der Waals surface area contributed by atoms with Crippen molar-refractivity contribution < 1.29 is 17.9 Å². The number of rotatable bonds is 7. The lowest BCUT2D eigenvalue weighted by atomic mass is 9.83. The molecule has 2 N–H and O–H groups in total. The minimum absolute atomic E-state index is 0.140. The molecule has 1 atom stereocenters. The van der Waals surface area contributed by atoms with Crippen LogP contribution in [0.3, 0.4) is 0 Å². The van der Waals surface area contributed by atoms with Gasteiger partial charge in [-0.25, -0.2) is 8.42 Å². The molecule has 1 amide bonds. The van der Waals surface area contributed by atoms with Crippen molar-refractivity contribution in [2.24, 2.45) is 0 Å². The fourth-order valence-electron chi connectivity index (χ4n) is 4.24. The topological polar surface area (TPSA) is 84.5 Å². The molecule has 1 heterocycles. The number of hydrogen-bond donors (Lipinski definition) is 2. The van der Waals surface area contributed by atoms with Gasteiger partial charge in [-0.05, 0) is 49.2 Å². The van der Waals surface area contributed by atoms with Gasteiger partial charge in [0.25, 0.3) is 15.9 Å². The van der Waals surface area contributed by atoms with Crippen molar-refractivity contribution >= 4 is 33.2 Å². The van der Waals surface area contributed by atoms with Crippen molar-refractivity contribution in [3.05, 3.63) is 88.9 Å². The summed E-state index contributed by atoms with van der Waals surface area (Å²) in [5, 5.41) is 3.26. The summed E-state index contributed by atoms with van der Waals surface area (Å²) in [5.41, 5.74) is 1.12. The molecule has 1 aliphatic rings. The van der Waals surface area contributed by atoms with Crippen molar-refractivity contribution in [1.29, 1.82) is 0 Å². The van der Waals surface area contributed by atoms with Crippen LogP contribution in [0.2, 0.25) is 5.02 Å². The highest BCUT2D eigenvalue weighted by Crippen LogP contribution is 2.42. The first-order valence-electron chi connectivity index (χ1n) is 11.2. The highest BCUT2D eigenvalue weighted by molar-refractivity contribution is 7.92. The Balaban J connectivity index is 1.55. The average molecular weight is 499 g/mol. The van der Waals surface area contributed by atoms with E-state index >= 15 is 0 Å². The first-order chi connectivity index (χ1) is 16.3. The van der Waals surface area contributed by atoms with Crippen molar-refractivity contribution in [2.75, 3.05) is 4.72 Å². The molecule has 0 saturated carbocycles. The van der Waals surface area contributed by atoms with Gasteiger partial charge in [-0.1, -0.05) is 61.8 Å². The van der Waals surface area contributed by atoms with Gasteiger partial charge < -0.3 is 10.1 Å². The Morgan fingerprint density at radius 1 is 1.03 bits per heavy atom. The van der Waals surface area contributed by atoms with Gasteiger partial charge >= 0.3 is 0 Å². The summed E-state index contributed by atoms with van der Waals surface area (Å²) >= 11 is 6.41. The van der Waals surface area contributed by atoms with E-state index in [0.29, 0.717) is 6.42 Å². The number of amides is 1. The molecule has 4 rings (SSSR count). The molecule has 1 unspecified atom stereocenters. The maximum atomic E-state index is 13.2. The molecule has 0 aromatic heterocycles. The van der Waals surface area contributed by atoms with Crippen LogP contribution >= 0.6 is 11.6 Å². The number of sulfonamides is 1. The zero-order valence-electron chi connectivity index (χ0n) is 19.0. The zero-order chi connectivity index (χ0) is 24.3. The van der Waals surface area contributed by atoms with E-state index in [1.807, 2.05) is 24.3 Å². The monoisotopic (exact) mass is 498 g/mol. The Hall–Kier alpha value is -3.03. The molecule has 0 fully saturated rings. The highest BCUT2D eigenvalue weighted by atomic mass is 35.5. The molecule has 1 aliphatic heterocycles. The van der Waals surface area contributed by atoms with Crippen molar-refractivity contribution in [2.45, 2.75) is 49.6 Å². The molecular formula is C26H27ClN2O4S. The van der Waals surface area contributed by atoms with E-state index in [-0.39, 0.29) is 38.7 Å². The second-order valence-electron chi connectivity index (χ2n) is 8.37. The summed E-state index contributed by atoms with van der Waals surface area (Å²) in [6.07, 6.45) is 2.29.